The first-order valence-corrected chi connectivity index (χ1v) is 33.2. The standard InChI is InChI=1S/C84H36O8/c1-79(2,3)89-75(85)73-74(76(86)90-80(4,5)6)84(78(88)92-82(10,11)12)70-64-56-47-37-28-20-14-13-15-17-18-16(14)24(28)31-33-26(18)29-25(17)32-30-23(15)27-19(13)21-22(20)35-38-34(21)39-36(27)46-42(30)50-44(32)48-41(29)49-45(33)51(43(31)47)62(64)66-60(49)59(48)65-61(50)63-55(46)52(39)57-54(38)58(53(56)40(35)37)68(70)67(57)69(63)83(73,71(65)72(66)84)77(87)91-81(7,8)9/h1-12H3. The molecule has 8 heteroatoms. The zero-order valence-corrected chi connectivity index (χ0v) is 51.3. The molecule has 0 heterocycles. The van der Waals surface area contributed by atoms with Gasteiger partial charge in [0.25, 0.3) is 0 Å². The molecule has 2 unspecified atom stereocenters. The Morgan fingerprint density at radius 2 is 0.304 bits per heavy atom. The van der Waals surface area contributed by atoms with E-state index in [1.54, 1.807) is 0 Å². The van der Waals surface area contributed by atoms with Crippen molar-refractivity contribution in [3.63, 3.8) is 0 Å². The van der Waals surface area contributed by atoms with E-state index in [1.165, 1.54) is 221 Å². The van der Waals surface area contributed by atoms with Gasteiger partial charge in [0.15, 0.2) is 10.8 Å². The maximum Gasteiger partial charge on any atom is 0.337 e. The van der Waals surface area contributed by atoms with Gasteiger partial charge < -0.3 is 18.9 Å². The Morgan fingerprint density at radius 3 is 0.457 bits per heavy atom. The van der Waals surface area contributed by atoms with Crippen LogP contribution in [-0.4, -0.2) is 46.3 Å². The molecule has 32 rings (SSSR count). The van der Waals surface area contributed by atoms with Crippen molar-refractivity contribution in [1.82, 2.24) is 0 Å². The second kappa shape index (κ2) is 9.92. The van der Waals surface area contributed by atoms with Crippen LogP contribution in [0.15, 0.2) is 11.1 Å². The Morgan fingerprint density at radius 1 is 0.185 bits per heavy atom. The minimum absolute atomic E-state index is 0.207. The lowest BCUT2D eigenvalue weighted by atomic mass is 9.46. The van der Waals surface area contributed by atoms with E-state index in [2.05, 4.69) is 0 Å². The van der Waals surface area contributed by atoms with Crippen molar-refractivity contribution in [2.75, 3.05) is 0 Å². The van der Waals surface area contributed by atoms with E-state index >= 15 is 19.2 Å². The lowest BCUT2D eigenvalue weighted by molar-refractivity contribution is -0.166. The Kier molecular flexibility index (Phi) is 4.53. The number of hydrogen-bond acceptors (Lipinski definition) is 8. The molecule has 29 aromatic rings. The fourth-order valence-electron chi connectivity index (χ4n) is 26.6. The molecule has 8 nitrogen and oxygen atoms in total. The van der Waals surface area contributed by atoms with Gasteiger partial charge in [-0.2, -0.15) is 0 Å². The zero-order valence-electron chi connectivity index (χ0n) is 51.3. The molecule has 420 valence electrons. The van der Waals surface area contributed by atoms with Gasteiger partial charge >= 0.3 is 23.9 Å². The highest BCUT2D eigenvalue weighted by atomic mass is 16.6. The van der Waals surface area contributed by atoms with Crippen LogP contribution in [0.3, 0.4) is 0 Å². The molecule has 0 saturated heterocycles. The van der Waals surface area contributed by atoms with Crippen molar-refractivity contribution in [1.29, 1.82) is 0 Å². The molecule has 0 spiro atoms. The predicted octanol–water partition coefficient (Wildman–Crippen LogP) is 20.5. The van der Waals surface area contributed by atoms with Crippen LogP contribution in [0.5, 0.6) is 0 Å². The van der Waals surface area contributed by atoms with Gasteiger partial charge in [0.1, 0.15) is 22.4 Å². The highest BCUT2D eigenvalue weighted by Gasteiger charge is 2.73. The van der Waals surface area contributed by atoms with Crippen molar-refractivity contribution in [2.45, 2.75) is 116 Å². The highest BCUT2D eigenvalue weighted by molar-refractivity contribution is 6.83. The molecule has 3 aliphatic rings. The van der Waals surface area contributed by atoms with Crippen molar-refractivity contribution >= 4 is 326 Å². The molecule has 0 radical (unpaired) electrons. The summed E-state index contributed by atoms with van der Waals surface area (Å²) in [6.07, 6.45) is 0. The molecular weight excluding hydrogens is 1140 g/mol. The summed E-state index contributed by atoms with van der Waals surface area (Å²) in [6.45, 7) is 22.5. The van der Waals surface area contributed by atoms with Gasteiger partial charge in [0, 0.05) is 0 Å². The third-order valence-corrected chi connectivity index (χ3v) is 27.1. The van der Waals surface area contributed by atoms with Gasteiger partial charge in [-0.15, -0.1) is 0 Å². The first kappa shape index (κ1) is 42.0. The summed E-state index contributed by atoms with van der Waals surface area (Å²) < 4.78 is 28.7. The van der Waals surface area contributed by atoms with Gasteiger partial charge in [0.05, 0.1) is 11.1 Å². The third-order valence-electron chi connectivity index (χ3n) is 27.1. The van der Waals surface area contributed by atoms with Crippen LogP contribution in [0.4, 0.5) is 0 Å². The second-order valence-electron chi connectivity index (χ2n) is 34.8. The summed E-state index contributed by atoms with van der Waals surface area (Å²) in [7, 11) is 0. The molecule has 92 heavy (non-hydrogen) atoms. The van der Waals surface area contributed by atoms with E-state index in [0.29, 0.717) is 22.3 Å². The van der Waals surface area contributed by atoms with E-state index < -0.39 is 57.1 Å². The lowest BCUT2D eigenvalue weighted by Gasteiger charge is -2.53. The van der Waals surface area contributed by atoms with E-state index in [4.69, 9.17) is 18.9 Å². The Hall–Kier alpha value is -10.2. The average molecular weight is 1170 g/mol. The van der Waals surface area contributed by atoms with E-state index in [9.17, 15) is 0 Å². The largest absolute Gasteiger partial charge is 0.459 e. The van der Waals surface area contributed by atoms with Crippen molar-refractivity contribution in [3.05, 3.63) is 33.4 Å². The SMILES string of the molecule is CC(C)(C)OC(=O)C1=C(C(=O)OC(C)(C)C)C2(C(=O)OC(C)(C)C)c3c4c5c6c7c(c8c9c2c2c%10c3c3c5c5c%11c6c6c%12c7c7c8c8c9c9c2c2c%13c%10c%10c3c5c3c5c%11c6c6c%11c%12c7c7c8c8c9c2c2c9c%13c%10c3c3c5c6c5c%11c7c8c2c5c93)C14C(=O)OC(C)(C)C. The summed E-state index contributed by atoms with van der Waals surface area (Å²) >= 11 is 0. The summed E-state index contributed by atoms with van der Waals surface area (Å²) in [5.41, 5.74) is -7.07. The van der Waals surface area contributed by atoms with Gasteiger partial charge in [-0.3, -0.25) is 9.59 Å². The van der Waals surface area contributed by atoms with E-state index in [-0.39, 0.29) is 11.1 Å². The molecule has 0 aromatic heterocycles. The average Bonchev–Trinajstić information content (AvgIpc) is 1.36. The fraction of sp³-hybridized carbons (Fsp3) is 0.214. The van der Waals surface area contributed by atoms with Gasteiger partial charge in [0.2, 0.25) is 0 Å². The molecule has 0 saturated carbocycles. The molecular formula is C84H36O8. The van der Waals surface area contributed by atoms with Crippen LogP contribution in [0.1, 0.15) is 105 Å². The number of esters is 4. The number of hydrogen-bond donors (Lipinski definition) is 0. The molecule has 2 atom stereocenters. The summed E-state index contributed by atoms with van der Waals surface area (Å²) in [6, 6.07) is 0. The molecule has 0 fully saturated rings. The summed E-state index contributed by atoms with van der Waals surface area (Å²) in [5, 5.41) is 70.6. The van der Waals surface area contributed by atoms with Crippen molar-refractivity contribution < 1.29 is 38.1 Å². The third kappa shape index (κ3) is 2.79. The van der Waals surface area contributed by atoms with Crippen LogP contribution in [0.2, 0.25) is 0 Å². The number of carbonyl (C=O) groups excluding carboxylic acids is 4. The maximum atomic E-state index is 18.4. The number of carbonyl (C=O) groups is 4. The highest BCUT2D eigenvalue weighted by Crippen LogP contribution is 2.83. The minimum Gasteiger partial charge on any atom is -0.459 e. The first-order chi connectivity index (χ1) is 44.0. The minimum atomic E-state index is -2.27. The van der Waals surface area contributed by atoms with Crippen LogP contribution >= 0.6 is 0 Å². The summed E-state index contributed by atoms with van der Waals surface area (Å²) in [5.74, 6) is -3.08. The molecule has 0 bridgehead atoms. The topological polar surface area (TPSA) is 105 Å². The van der Waals surface area contributed by atoms with Crippen LogP contribution in [0.25, 0.3) is 302 Å². The smallest absolute Gasteiger partial charge is 0.337 e. The van der Waals surface area contributed by atoms with Crippen LogP contribution in [-0.2, 0) is 49.0 Å². The predicted molar refractivity (Wildman–Crippen MR) is 373 cm³/mol. The second-order valence-corrected chi connectivity index (χ2v) is 34.8. The van der Waals surface area contributed by atoms with Gasteiger partial charge in [-0.25, -0.2) is 9.59 Å². The zero-order chi connectivity index (χ0) is 59.9. The number of ether oxygens (including phenoxy) is 4. The fourth-order valence-corrected chi connectivity index (χ4v) is 26.6. The number of rotatable bonds is 4. The molecule has 3 aliphatic carbocycles. The van der Waals surface area contributed by atoms with Crippen LogP contribution in [0, 0.1) is 0 Å². The first-order valence-electron chi connectivity index (χ1n) is 33.2. The number of benzene rings is 19. The Balaban J connectivity index is 1.08. The molecule has 29 aromatic carbocycles. The number of fused-ring (bicyclic) bond motifs is 5. The normalized spacial score (nSPS) is 20.4. The van der Waals surface area contributed by atoms with Gasteiger partial charge in [-0.05, 0) is 407 Å². The quantitative estimate of drug-likeness (QED) is 0.0975. The Bertz CT molecular complexity index is 8170. The maximum absolute atomic E-state index is 18.4. The molecule has 0 amide bonds. The lowest BCUT2D eigenvalue weighted by Crippen LogP contribution is -2.59. The van der Waals surface area contributed by atoms with Crippen molar-refractivity contribution in [3.8, 4) is 0 Å². The van der Waals surface area contributed by atoms with Gasteiger partial charge in [-0.1, -0.05) is 0 Å². The van der Waals surface area contributed by atoms with Crippen LogP contribution < -0.4 is 0 Å². The monoisotopic (exact) mass is 1170 g/mol. The Labute approximate surface area is 510 Å². The van der Waals surface area contributed by atoms with E-state index in [0.717, 1.165) is 80.8 Å². The van der Waals surface area contributed by atoms with Crippen molar-refractivity contribution in [2.24, 2.45) is 0 Å². The van der Waals surface area contributed by atoms with E-state index in [1.807, 2.05) is 83.1 Å². The summed E-state index contributed by atoms with van der Waals surface area (Å²) in [4.78, 5) is 71.9. The molecule has 0 aliphatic heterocycles. The molecule has 0 N–H and O–H groups in total.